The monoisotopic (exact) mass is 555 g/mol. The molecule has 0 unspecified atom stereocenters. The van der Waals surface area contributed by atoms with E-state index < -0.39 is 0 Å². The topological polar surface area (TPSA) is 0 Å². The highest BCUT2D eigenvalue weighted by Gasteiger charge is 2.27. The first-order valence-electron chi connectivity index (χ1n) is 8.31. The molecule has 130 valence electrons. The van der Waals surface area contributed by atoms with Crippen molar-refractivity contribution in [2.75, 3.05) is 26.2 Å². The number of rotatable bonds is 12. The second-order valence-corrected chi connectivity index (χ2v) is 13.3. The van der Waals surface area contributed by atoms with Crippen LogP contribution in [0.15, 0.2) is 0 Å². The smallest absolute Gasteiger partial charge is 0.135 e. The summed E-state index contributed by atoms with van der Waals surface area (Å²) >= 11 is 10.9. The van der Waals surface area contributed by atoms with E-state index in [1.165, 1.54) is 75.6 Å². The number of halogens is 4. The molecule has 0 fully saturated rings. The van der Waals surface area contributed by atoms with E-state index in [9.17, 15) is 0 Å². The number of quaternary nitrogens is 1. The lowest BCUT2D eigenvalue weighted by molar-refractivity contribution is -0.929. The Balaban J connectivity index is 0. The SMILES string of the molecule is CCCC[N+](CCCC)(CCCC)CCCC(Br)(Br)Br.[Br-]. The molecule has 0 aliphatic rings. The molecule has 0 aliphatic carbocycles. The zero-order valence-electron chi connectivity index (χ0n) is 13.9. The molecule has 0 rings (SSSR count). The van der Waals surface area contributed by atoms with Gasteiger partial charge in [-0.05, 0) is 32.1 Å². The molecule has 0 amide bonds. The fourth-order valence-electron chi connectivity index (χ4n) is 2.77. The van der Waals surface area contributed by atoms with Crippen molar-refractivity contribution < 1.29 is 21.5 Å². The number of hydrogen-bond donors (Lipinski definition) is 0. The summed E-state index contributed by atoms with van der Waals surface area (Å²) in [6, 6.07) is 0. The van der Waals surface area contributed by atoms with Crippen molar-refractivity contribution in [3.8, 4) is 0 Å². The molecule has 0 bridgehead atoms. The molecule has 0 heterocycles. The number of unbranched alkanes of at least 4 members (excludes halogenated alkanes) is 3. The summed E-state index contributed by atoms with van der Waals surface area (Å²) in [6.07, 6.45) is 10.4. The van der Waals surface area contributed by atoms with Crippen molar-refractivity contribution in [1.29, 1.82) is 0 Å². The highest BCUT2D eigenvalue weighted by atomic mass is 80.0. The van der Waals surface area contributed by atoms with Crippen LogP contribution in [0.1, 0.15) is 72.1 Å². The molecule has 21 heavy (non-hydrogen) atoms. The van der Waals surface area contributed by atoms with Crippen molar-refractivity contribution in [1.82, 2.24) is 0 Å². The molecule has 0 aliphatic heterocycles. The largest absolute Gasteiger partial charge is 1.00 e. The first-order chi connectivity index (χ1) is 9.39. The van der Waals surface area contributed by atoms with Crippen LogP contribution in [-0.2, 0) is 0 Å². The molecule has 0 saturated heterocycles. The Morgan fingerprint density at radius 2 is 1.00 bits per heavy atom. The fraction of sp³-hybridized carbons (Fsp3) is 1.00. The van der Waals surface area contributed by atoms with Crippen LogP contribution in [0.3, 0.4) is 0 Å². The summed E-state index contributed by atoms with van der Waals surface area (Å²) in [7, 11) is 0. The van der Waals surface area contributed by atoms with Gasteiger partial charge in [0.1, 0.15) is 2.14 Å². The second-order valence-electron chi connectivity index (χ2n) is 6.02. The normalized spacial score (nSPS) is 12.3. The maximum absolute atomic E-state index is 3.63. The van der Waals surface area contributed by atoms with Crippen molar-refractivity contribution >= 4 is 47.8 Å². The predicted octanol–water partition coefficient (Wildman–Crippen LogP) is 3.83. The van der Waals surface area contributed by atoms with Crippen molar-refractivity contribution in [3.63, 3.8) is 0 Å². The van der Waals surface area contributed by atoms with Gasteiger partial charge in [-0.2, -0.15) is 0 Å². The lowest BCUT2D eigenvalue weighted by Crippen LogP contribution is -3.00. The number of nitrogens with zero attached hydrogens (tertiary/aromatic N) is 1. The van der Waals surface area contributed by atoms with E-state index in [4.69, 9.17) is 0 Å². The fourth-order valence-corrected chi connectivity index (χ4v) is 3.61. The Morgan fingerprint density at radius 3 is 1.29 bits per heavy atom. The molecule has 0 radical (unpaired) electrons. The summed E-state index contributed by atoms with van der Waals surface area (Å²) in [6.45, 7) is 12.4. The van der Waals surface area contributed by atoms with Gasteiger partial charge in [-0.15, -0.1) is 0 Å². The van der Waals surface area contributed by atoms with Crippen LogP contribution in [-0.4, -0.2) is 32.8 Å². The molecule has 0 N–H and O–H groups in total. The van der Waals surface area contributed by atoms with E-state index in [1.807, 2.05) is 0 Å². The Morgan fingerprint density at radius 1 is 0.667 bits per heavy atom. The molecule has 0 spiro atoms. The van der Waals surface area contributed by atoms with Gasteiger partial charge in [0.2, 0.25) is 0 Å². The van der Waals surface area contributed by atoms with Gasteiger partial charge in [0.05, 0.1) is 26.2 Å². The Labute approximate surface area is 168 Å². The van der Waals surface area contributed by atoms with Gasteiger partial charge in [0.25, 0.3) is 0 Å². The van der Waals surface area contributed by atoms with Crippen LogP contribution < -0.4 is 17.0 Å². The van der Waals surface area contributed by atoms with Gasteiger partial charge in [0, 0.05) is 0 Å². The third-order valence-corrected chi connectivity index (χ3v) is 5.24. The number of alkyl halides is 3. The minimum absolute atomic E-state index is 0. The van der Waals surface area contributed by atoms with E-state index in [0.717, 1.165) is 6.42 Å². The highest BCUT2D eigenvalue weighted by molar-refractivity contribution is 9.39. The Hall–Kier alpha value is 1.88. The first-order valence-corrected chi connectivity index (χ1v) is 10.7. The van der Waals surface area contributed by atoms with Gasteiger partial charge >= 0.3 is 0 Å². The van der Waals surface area contributed by atoms with Crippen molar-refractivity contribution in [3.05, 3.63) is 0 Å². The van der Waals surface area contributed by atoms with Crippen LogP contribution in [0.2, 0.25) is 0 Å². The standard InChI is InChI=1S/C16H33Br3N.BrH/c1-4-7-12-20(13-8-5-2,14-9-6-3)15-10-11-16(17,18)19;/h4-15H2,1-3H3;1H/q+1;/p-1. The van der Waals surface area contributed by atoms with Gasteiger partial charge in [-0.3, -0.25) is 0 Å². The lowest BCUT2D eigenvalue weighted by atomic mass is 10.1. The van der Waals surface area contributed by atoms with E-state index in [-0.39, 0.29) is 19.1 Å². The molecule has 0 atom stereocenters. The molecule has 0 saturated carbocycles. The third kappa shape index (κ3) is 14.0. The van der Waals surface area contributed by atoms with Gasteiger partial charge in [-0.1, -0.05) is 87.8 Å². The minimum atomic E-state index is -0.0665. The van der Waals surface area contributed by atoms with Crippen LogP contribution in [0, 0.1) is 0 Å². The van der Waals surface area contributed by atoms with Crippen molar-refractivity contribution in [2.24, 2.45) is 0 Å². The van der Waals surface area contributed by atoms with Crippen LogP contribution in [0.5, 0.6) is 0 Å². The van der Waals surface area contributed by atoms with Crippen molar-refractivity contribution in [2.45, 2.75) is 74.3 Å². The quantitative estimate of drug-likeness (QED) is 0.252. The third-order valence-electron chi connectivity index (χ3n) is 4.05. The average molecular weight is 559 g/mol. The molecule has 0 aromatic rings. The maximum atomic E-state index is 3.63. The summed E-state index contributed by atoms with van der Waals surface area (Å²) in [4.78, 5) is 0. The summed E-state index contributed by atoms with van der Waals surface area (Å²) < 4.78 is 1.28. The molecule has 0 aromatic heterocycles. The van der Waals surface area contributed by atoms with E-state index in [1.54, 1.807) is 0 Å². The minimum Gasteiger partial charge on any atom is -1.00 e. The summed E-state index contributed by atoms with van der Waals surface area (Å²) in [5.74, 6) is 0. The molecular weight excluding hydrogens is 526 g/mol. The first kappa shape index (κ1) is 25.1. The van der Waals surface area contributed by atoms with Gasteiger partial charge < -0.3 is 21.5 Å². The van der Waals surface area contributed by atoms with E-state index in [0.29, 0.717) is 0 Å². The summed E-state index contributed by atoms with van der Waals surface area (Å²) in [5, 5.41) is 0. The van der Waals surface area contributed by atoms with Crippen LogP contribution >= 0.6 is 47.8 Å². The molecule has 5 heteroatoms. The molecular formula is C16H33Br4N. The van der Waals surface area contributed by atoms with E-state index in [2.05, 4.69) is 68.6 Å². The van der Waals surface area contributed by atoms with E-state index >= 15 is 0 Å². The van der Waals surface area contributed by atoms with Crippen LogP contribution in [0.25, 0.3) is 0 Å². The highest BCUT2D eigenvalue weighted by Crippen LogP contribution is 2.38. The zero-order chi connectivity index (χ0) is 15.5. The second kappa shape index (κ2) is 14.2. The average Bonchev–Trinajstić information content (AvgIpc) is 2.38. The van der Waals surface area contributed by atoms with Crippen LogP contribution in [0.4, 0.5) is 0 Å². The predicted molar refractivity (Wildman–Crippen MR) is 103 cm³/mol. The lowest BCUT2D eigenvalue weighted by Gasteiger charge is -2.39. The zero-order valence-corrected chi connectivity index (χ0v) is 20.3. The maximum Gasteiger partial charge on any atom is 0.135 e. The molecule has 1 nitrogen and oxygen atoms in total. The Kier molecular flexibility index (Phi) is 17.0. The molecule has 0 aromatic carbocycles. The van der Waals surface area contributed by atoms with Gasteiger partial charge in [0.15, 0.2) is 0 Å². The number of hydrogen-bond acceptors (Lipinski definition) is 0. The Bertz CT molecular complexity index is 207. The summed E-state index contributed by atoms with van der Waals surface area (Å²) in [5.41, 5.74) is 0. The van der Waals surface area contributed by atoms with Gasteiger partial charge in [-0.25, -0.2) is 0 Å².